The largest absolute Gasteiger partial charge is 0.464 e. The summed E-state index contributed by atoms with van der Waals surface area (Å²) >= 11 is 0. The Bertz CT molecular complexity index is 799. The summed E-state index contributed by atoms with van der Waals surface area (Å²) in [6.07, 6.45) is 0. The first-order valence-corrected chi connectivity index (χ1v) is 6.51. The molecule has 0 aliphatic carbocycles. The maximum absolute atomic E-state index is 13.0. The lowest BCUT2D eigenvalue weighted by Crippen LogP contribution is -2.11. The third kappa shape index (κ3) is 2.42. The summed E-state index contributed by atoms with van der Waals surface area (Å²) in [6.45, 7) is 2.28. The molecule has 5 heteroatoms. The van der Waals surface area contributed by atoms with Crippen LogP contribution in [0.1, 0.15) is 21.8 Å². The Labute approximate surface area is 120 Å². The van der Waals surface area contributed by atoms with E-state index in [9.17, 15) is 9.18 Å². The minimum Gasteiger partial charge on any atom is -0.464 e. The molecule has 108 valence electrons. The number of carbonyl (C=O) groups is 1. The summed E-state index contributed by atoms with van der Waals surface area (Å²) in [5.74, 6) is 0.0502. The fourth-order valence-electron chi connectivity index (χ4n) is 2.38. The summed E-state index contributed by atoms with van der Waals surface area (Å²) in [4.78, 5) is 11.9. The molecule has 0 N–H and O–H groups in total. The fourth-order valence-corrected chi connectivity index (χ4v) is 2.38. The number of halogens is 1. The Morgan fingerprint density at radius 1 is 1.29 bits per heavy atom. The molecule has 0 saturated carbocycles. The molecule has 1 aromatic carbocycles. The molecule has 0 unspecified atom stereocenters. The molecule has 3 aromatic rings. The predicted octanol–water partition coefficient (Wildman–Crippen LogP) is 3.52. The van der Waals surface area contributed by atoms with E-state index in [4.69, 9.17) is 9.15 Å². The van der Waals surface area contributed by atoms with Gasteiger partial charge in [0.2, 0.25) is 0 Å². The second-order valence-corrected chi connectivity index (χ2v) is 4.84. The molecule has 2 heterocycles. The van der Waals surface area contributed by atoms with Gasteiger partial charge in [-0.25, -0.2) is 9.18 Å². The molecule has 0 saturated heterocycles. The molecule has 0 aliphatic rings. The molecule has 0 amide bonds. The molecule has 21 heavy (non-hydrogen) atoms. The highest BCUT2D eigenvalue weighted by molar-refractivity contribution is 5.94. The van der Waals surface area contributed by atoms with Crippen molar-refractivity contribution in [2.45, 2.75) is 13.5 Å². The highest BCUT2D eigenvalue weighted by Gasteiger charge is 2.19. The average molecular weight is 287 g/mol. The summed E-state index contributed by atoms with van der Waals surface area (Å²) in [7, 11) is 1.34. The van der Waals surface area contributed by atoms with E-state index in [1.54, 1.807) is 18.2 Å². The van der Waals surface area contributed by atoms with E-state index in [0.29, 0.717) is 17.8 Å². The van der Waals surface area contributed by atoms with Gasteiger partial charge in [-0.3, -0.25) is 0 Å². The first-order chi connectivity index (χ1) is 10.1. The Morgan fingerprint density at radius 2 is 2.00 bits per heavy atom. The van der Waals surface area contributed by atoms with Crippen LogP contribution in [0.4, 0.5) is 4.39 Å². The first-order valence-electron chi connectivity index (χ1n) is 6.51. The minimum atomic E-state index is -0.429. The Balaban J connectivity index is 2.09. The number of hydrogen-bond donors (Lipinski definition) is 0. The van der Waals surface area contributed by atoms with E-state index < -0.39 is 5.97 Å². The average Bonchev–Trinajstić information content (AvgIpc) is 2.98. The first kappa shape index (κ1) is 13.4. The topological polar surface area (TPSA) is 44.4 Å². The Morgan fingerprint density at radius 3 is 2.67 bits per heavy atom. The number of hydrogen-bond acceptors (Lipinski definition) is 3. The highest BCUT2D eigenvalue weighted by atomic mass is 19.1. The van der Waals surface area contributed by atoms with E-state index >= 15 is 0 Å². The molecular formula is C16H14FNO3. The Hall–Kier alpha value is -2.56. The van der Waals surface area contributed by atoms with Crippen molar-refractivity contribution in [1.29, 1.82) is 0 Å². The zero-order valence-electron chi connectivity index (χ0n) is 11.7. The molecule has 0 radical (unpaired) electrons. The van der Waals surface area contributed by atoms with Gasteiger partial charge in [0.25, 0.3) is 0 Å². The maximum atomic E-state index is 13.0. The normalized spacial score (nSPS) is 11.0. The highest BCUT2D eigenvalue weighted by Crippen LogP contribution is 2.25. The second-order valence-electron chi connectivity index (χ2n) is 4.84. The van der Waals surface area contributed by atoms with Crippen LogP contribution in [0.25, 0.3) is 11.1 Å². The predicted molar refractivity (Wildman–Crippen MR) is 75.8 cm³/mol. The van der Waals surface area contributed by atoms with Gasteiger partial charge in [0, 0.05) is 18.7 Å². The lowest BCUT2D eigenvalue weighted by atomic mass is 10.2. The number of furan rings is 1. The maximum Gasteiger partial charge on any atom is 0.354 e. The van der Waals surface area contributed by atoms with E-state index in [1.165, 1.54) is 19.2 Å². The van der Waals surface area contributed by atoms with Gasteiger partial charge in [-0.2, -0.15) is 0 Å². The van der Waals surface area contributed by atoms with Crippen molar-refractivity contribution >= 4 is 17.1 Å². The van der Waals surface area contributed by atoms with Crippen LogP contribution in [-0.4, -0.2) is 17.6 Å². The van der Waals surface area contributed by atoms with Crippen LogP contribution < -0.4 is 0 Å². The quantitative estimate of drug-likeness (QED) is 0.692. The van der Waals surface area contributed by atoms with Crippen LogP contribution in [0.3, 0.4) is 0 Å². The van der Waals surface area contributed by atoms with Gasteiger partial charge in [0.15, 0.2) is 5.58 Å². The molecule has 2 aromatic heterocycles. The van der Waals surface area contributed by atoms with E-state index in [2.05, 4.69) is 0 Å². The number of nitrogens with zero attached hydrogens (tertiary/aromatic N) is 1. The van der Waals surface area contributed by atoms with Crippen molar-refractivity contribution in [1.82, 2.24) is 4.57 Å². The number of benzene rings is 1. The third-order valence-electron chi connectivity index (χ3n) is 3.36. The Kier molecular flexibility index (Phi) is 3.25. The molecule has 0 fully saturated rings. The van der Waals surface area contributed by atoms with Gasteiger partial charge in [-0.15, -0.1) is 0 Å². The van der Waals surface area contributed by atoms with E-state index in [1.807, 2.05) is 17.6 Å². The van der Waals surface area contributed by atoms with Crippen LogP contribution >= 0.6 is 0 Å². The van der Waals surface area contributed by atoms with Gasteiger partial charge >= 0.3 is 5.97 Å². The number of aryl methyl sites for hydroxylation is 1. The van der Waals surface area contributed by atoms with Crippen molar-refractivity contribution < 1.29 is 18.3 Å². The summed E-state index contributed by atoms with van der Waals surface area (Å²) in [5.41, 5.74) is 2.75. The smallest absolute Gasteiger partial charge is 0.354 e. The van der Waals surface area contributed by atoms with Crippen LogP contribution in [0.15, 0.2) is 40.8 Å². The van der Waals surface area contributed by atoms with Crippen LogP contribution in [0, 0.1) is 12.7 Å². The number of methoxy groups -OCH3 is 1. The van der Waals surface area contributed by atoms with Crippen LogP contribution in [0.2, 0.25) is 0 Å². The lowest BCUT2D eigenvalue weighted by Gasteiger charge is -2.08. The summed E-state index contributed by atoms with van der Waals surface area (Å²) in [5, 5.41) is 0. The van der Waals surface area contributed by atoms with Crippen molar-refractivity contribution in [2.24, 2.45) is 0 Å². The van der Waals surface area contributed by atoms with Gasteiger partial charge < -0.3 is 13.7 Å². The third-order valence-corrected chi connectivity index (χ3v) is 3.36. The summed E-state index contributed by atoms with van der Waals surface area (Å²) < 4.78 is 25.2. The number of ether oxygens (including phenoxy) is 1. The molecule has 3 rings (SSSR count). The molecule has 0 atom stereocenters. The fraction of sp³-hybridized carbons (Fsp3) is 0.188. The number of rotatable bonds is 3. The molecule has 0 aliphatic heterocycles. The van der Waals surface area contributed by atoms with Gasteiger partial charge in [0.1, 0.15) is 17.3 Å². The minimum absolute atomic E-state index is 0.288. The second kappa shape index (κ2) is 5.09. The SMILES string of the molecule is COC(=O)c1cc2oc(C)cc2n1Cc1ccc(F)cc1. The molecule has 4 nitrogen and oxygen atoms in total. The van der Waals surface area contributed by atoms with E-state index in [0.717, 1.165) is 16.8 Å². The van der Waals surface area contributed by atoms with Crippen molar-refractivity contribution in [3.8, 4) is 0 Å². The molecule has 0 spiro atoms. The van der Waals surface area contributed by atoms with Crippen LogP contribution in [-0.2, 0) is 11.3 Å². The number of aromatic nitrogens is 1. The monoisotopic (exact) mass is 287 g/mol. The zero-order chi connectivity index (χ0) is 15.0. The lowest BCUT2D eigenvalue weighted by molar-refractivity contribution is 0.0589. The number of esters is 1. The van der Waals surface area contributed by atoms with Crippen molar-refractivity contribution in [3.63, 3.8) is 0 Å². The van der Waals surface area contributed by atoms with Gasteiger partial charge in [-0.05, 0) is 24.6 Å². The van der Waals surface area contributed by atoms with E-state index in [-0.39, 0.29) is 5.82 Å². The standard InChI is InChI=1S/C16H14FNO3/c1-10-7-13-15(21-10)8-14(16(19)20-2)18(13)9-11-3-5-12(17)6-4-11/h3-8H,9H2,1-2H3. The molecule has 0 bridgehead atoms. The van der Waals surface area contributed by atoms with Crippen molar-refractivity contribution in [2.75, 3.05) is 7.11 Å². The van der Waals surface area contributed by atoms with Crippen molar-refractivity contribution in [3.05, 3.63) is 59.2 Å². The van der Waals surface area contributed by atoms with Gasteiger partial charge in [-0.1, -0.05) is 12.1 Å². The number of carbonyl (C=O) groups excluding carboxylic acids is 1. The number of fused-ring (bicyclic) bond motifs is 1. The van der Waals surface area contributed by atoms with Crippen LogP contribution in [0.5, 0.6) is 0 Å². The zero-order valence-corrected chi connectivity index (χ0v) is 11.7. The van der Waals surface area contributed by atoms with Gasteiger partial charge in [0.05, 0.1) is 12.6 Å². The molecular weight excluding hydrogens is 273 g/mol. The summed E-state index contributed by atoms with van der Waals surface area (Å²) in [6, 6.07) is 9.70.